The Morgan fingerprint density at radius 2 is 1.43 bits per heavy atom. The molecule has 0 saturated heterocycles. The first-order valence-electron chi connectivity index (χ1n) is 0.896. The third-order valence-corrected chi connectivity index (χ3v) is 0. The van der Waals surface area contributed by atoms with E-state index in [0.717, 1.165) is 6.26 Å². The molecule has 0 atom stereocenters. The van der Waals surface area contributed by atoms with Gasteiger partial charge in [0, 0.05) is 10.7 Å². The molecule has 7 heavy (non-hydrogen) atoms. The van der Waals surface area contributed by atoms with E-state index in [1.165, 1.54) is 0 Å². The van der Waals surface area contributed by atoms with Crippen LogP contribution in [0.2, 0.25) is 0 Å². The first-order valence-corrected chi connectivity index (χ1v) is 3.61. The molecule has 0 fully saturated rings. The molecule has 0 amide bonds. The van der Waals surface area contributed by atoms with E-state index in [0.29, 0.717) is 0 Å². The second kappa shape index (κ2) is 5.27. The fourth-order valence-electron chi connectivity index (χ4n) is 0. The number of hydrogen-bond donors (Lipinski definition) is 0. The van der Waals surface area contributed by atoms with Crippen molar-refractivity contribution < 1.29 is 39.7 Å². The molecular weight excluding hydrogens is 154 g/mol. The van der Waals surface area contributed by atoms with Gasteiger partial charge in [0.2, 0.25) is 9.05 Å². The van der Waals surface area contributed by atoms with Crippen LogP contribution in [0.5, 0.6) is 0 Å². The summed E-state index contributed by atoms with van der Waals surface area (Å²) in [4.78, 5) is 0. The van der Waals surface area contributed by atoms with Crippen LogP contribution in [0, 0.1) is 0 Å². The summed E-state index contributed by atoms with van der Waals surface area (Å²) in [6.07, 6.45) is 0.925. The van der Waals surface area contributed by atoms with Crippen LogP contribution in [-0.4, -0.2) is 14.7 Å². The van der Waals surface area contributed by atoms with E-state index in [2.05, 4.69) is 10.7 Å². The van der Waals surface area contributed by atoms with Crippen molar-refractivity contribution in [2.24, 2.45) is 0 Å². The van der Waals surface area contributed by atoms with Crippen LogP contribution < -0.4 is 31.3 Å². The summed E-state index contributed by atoms with van der Waals surface area (Å²) in [6, 6.07) is 0. The molecule has 0 aromatic heterocycles. The van der Waals surface area contributed by atoms with Gasteiger partial charge in [-0.3, -0.25) is 0 Å². The Balaban J connectivity index is -0.0000000800. The molecule has 0 saturated carbocycles. The minimum atomic E-state index is -3.19. The molecule has 0 aromatic rings. The van der Waals surface area contributed by atoms with Crippen molar-refractivity contribution >= 4 is 19.7 Å². The van der Waals surface area contributed by atoms with Gasteiger partial charge in [-0.2, -0.15) is 0 Å². The molecule has 0 unspecified atom stereocenters. The zero-order valence-electron chi connectivity index (χ0n) is 3.98. The van der Waals surface area contributed by atoms with Crippen LogP contribution in [0.15, 0.2) is 0 Å². The second-order valence-corrected chi connectivity index (χ2v) is 3.73. The molecule has 0 aliphatic carbocycles. The van der Waals surface area contributed by atoms with Crippen LogP contribution in [0.25, 0.3) is 0 Å². The summed E-state index contributed by atoms with van der Waals surface area (Å²) in [7, 11) is 1.31. The maximum atomic E-state index is 9.40. The van der Waals surface area contributed by atoms with Gasteiger partial charge in [-0.1, -0.05) is 0 Å². The molecule has 0 heterocycles. The van der Waals surface area contributed by atoms with Crippen molar-refractivity contribution in [3.63, 3.8) is 0 Å². The van der Waals surface area contributed by atoms with E-state index in [9.17, 15) is 8.42 Å². The van der Waals surface area contributed by atoms with Crippen LogP contribution in [0.3, 0.4) is 0 Å². The Morgan fingerprint density at radius 1 is 1.43 bits per heavy atom. The van der Waals surface area contributed by atoms with E-state index < -0.39 is 9.05 Å². The quantitative estimate of drug-likeness (QED) is 0.259. The monoisotopic (exact) mass is 156 g/mol. The minimum Gasteiger partial charge on any atom is -1.00 e. The summed E-state index contributed by atoms with van der Waals surface area (Å²) in [5.74, 6) is 0. The largest absolute Gasteiger partial charge is 1.00 e. The second-order valence-electron chi connectivity index (χ2n) is 0.682. The van der Waals surface area contributed by atoms with Gasteiger partial charge in [-0.05, 0) is 0 Å². The van der Waals surface area contributed by atoms with E-state index in [1.807, 2.05) is 0 Å². The Labute approximate surface area is 65.6 Å². The topological polar surface area (TPSA) is 34.1 Å². The number of hydrogen-bond acceptors (Lipinski definition) is 2. The average molecular weight is 157 g/mol. The zero-order chi connectivity index (χ0) is 4.50. The standard InChI is InChI=1S/CH3ClO2S.ClH.Li/c1-5(2,3)4;;/h1H3;1H;/q;;+1/p-1. The van der Waals surface area contributed by atoms with Crippen molar-refractivity contribution in [3.05, 3.63) is 0 Å². The van der Waals surface area contributed by atoms with Gasteiger partial charge < -0.3 is 12.4 Å². The molecule has 0 radical (unpaired) electrons. The van der Waals surface area contributed by atoms with Gasteiger partial charge in [0.25, 0.3) is 0 Å². The molecular formula is CH3Cl2LiO2S. The number of halogens is 2. The first kappa shape index (κ1) is 15.7. The fraction of sp³-hybridized carbons (Fsp3) is 1.00. The molecule has 40 valence electrons. The third-order valence-electron chi connectivity index (χ3n) is 0. The Bertz CT molecular complexity index is 98.9. The van der Waals surface area contributed by atoms with Crippen LogP contribution >= 0.6 is 10.7 Å². The van der Waals surface area contributed by atoms with Crippen LogP contribution in [0.4, 0.5) is 0 Å². The van der Waals surface area contributed by atoms with E-state index in [4.69, 9.17) is 0 Å². The zero-order valence-corrected chi connectivity index (χ0v) is 6.31. The van der Waals surface area contributed by atoms with Gasteiger partial charge in [-0.25, -0.2) is 8.42 Å². The normalized spacial score (nSPS) is 8.29. The van der Waals surface area contributed by atoms with Crippen molar-refractivity contribution in [3.8, 4) is 0 Å². The molecule has 6 heteroatoms. The summed E-state index contributed by atoms with van der Waals surface area (Å²) in [5.41, 5.74) is 0. The molecule has 2 nitrogen and oxygen atoms in total. The van der Waals surface area contributed by atoms with Gasteiger partial charge in [-0.15, -0.1) is 0 Å². The summed E-state index contributed by atoms with van der Waals surface area (Å²) >= 11 is 0. The smallest absolute Gasteiger partial charge is 1.00 e. The molecule has 0 N–H and O–H groups in total. The Morgan fingerprint density at radius 3 is 1.43 bits per heavy atom. The first-order chi connectivity index (χ1) is 2.00. The van der Waals surface area contributed by atoms with E-state index in [1.54, 1.807) is 0 Å². The van der Waals surface area contributed by atoms with Gasteiger partial charge in [0.05, 0.1) is 6.26 Å². The average Bonchev–Trinajstić information content (AvgIpc) is 0.722. The van der Waals surface area contributed by atoms with Crippen molar-refractivity contribution in [1.82, 2.24) is 0 Å². The predicted octanol–water partition coefficient (Wildman–Crippen LogP) is -5.81. The fourth-order valence-corrected chi connectivity index (χ4v) is 0. The van der Waals surface area contributed by atoms with E-state index >= 15 is 0 Å². The maximum Gasteiger partial charge on any atom is 1.00 e. The Kier molecular flexibility index (Phi) is 11.8. The Hall–Kier alpha value is 1.13. The number of rotatable bonds is 0. The van der Waals surface area contributed by atoms with Crippen molar-refractivity contribution in [2.45, 2.75) is 0 Å². The summed E-state index contributed by atoms with van der Waals surface area (Å²) < 4.78 is 18.8. The summed E-state index contributed by atoms with van der Waals surface area (Å²) in [5, 5.41) is 0. The predicted molar refractivity (Wildman–Crippen MR) is 20.7 cm³/mol. The summed E-state index contributed by atoms with van der Waals surface area (Å²) in [6.45, 7) is 0. The van der Waals surface area contributed by atoms with E-state index in [-0.39, 0.29) is 31.3 Å². The molecule has 0 aliphatic heterocycles. The molecule has 0 rings (SSSR count). The van der Waals surface area contributed by atoms with Gasteiger partial charge in [0.1, 0.15) is 0 Å². The van der Waals surface area contributed by atoms with Gasteiger partial charge >= 0.3 is 18.9 Å². The SMILES string of the molecule is CS(=O)(=O)Cl.[Cl-].[Li+]. The maximum absolute atomic E-state index is 9.40. The molecule has 0 aliphatic rings. The van der Waals surface area contributed by atoms with Gasteiger partial charge in [0.15, 0.2) is 0 Å². The molecule has 0 aromatic carbocycles. The van der Waals surface area contributed by atoms with Crippen LogP contribution in [-0.2, 0) is 9.05 Å². The molecule has 0 spiro atoms. The van der Waals surface area contributed by atoms with Crippen molar-refractivity contribution in [2.75, 3.05) is 6.26 Å². The van der Waals surface area contributed by atoms with Crippen molar-refractivity contribution in [1.29, 1.82) is 0 Å². The van der Waals surface area contributed by atoms with Crippen LogP contribution in [0.1, 0.15) is 0 Å². The third kappa shape index (κ3) is 147. The molecule has 0 bridgehead atoms. The minimum absolute atomic E-state index is 0.